The highest BCUT2D eigenvalue weighted by atomic mass is 32.2. The van der Waals surface area contributed by atoms with Gasteiger partial charge in [-0.05, 0) is 6.92 Å². The summed E-state index contributed by atoms with van der Waals surface area (Å²) in [6, 6.07) is 0. The van der Waals surface area contributed by atoms with Gasteiger partial charge in [-0.2, -0.15) is 0 Å². The molecule has 3 atom stereocenters. The van der Waals surface area contributed by atoms with Gasteiger partial charge in [0.2, 0.25) is 0 Å². The van der Waals surface area contributed by atoms with E-state index in [4.69, 9.17) is 5.11 Å². The van der Waals surface area contributed by atoms with Gasteiger partial charge in [0, 0.05) is 12.6 Å². The van der Waals surface area contributed by atoms with Crippen molar-refractivity contribution in [3.63, 3.8) is 0 Å². The molecule has 1 saturated heterocycles. The van der Waals surface area contributed by atoms with E-state index < -0.39 is 17.4 Å². The maximum absolute atomic E-state index is 11.8. The molecule has 2 unspecified atom stereocenters. The van der Waals surface area contributed by atoms with Crippen LogP contribution in [0.1, 0.15) is 24.3 Å². The fourth-order valence-corrected chi connectivity index (χ4v) is 3.44. The highest BCUT2D eigenvalue weighted by Crippen LogP contribution is 2.40. The SMILES string of the molecule is C/C=C/c1cn([C@H]2CC(O)C(CO)S2)c(=O)[nH]c1=O. The number of hydrogen-bond acceptors (Lipinski definition) is 5. The molecule has 0 spiro atoms. The second-order valence-corrected chi connectivity index (χ2v) is 5.79. The van der Waals surface area contributed by atoms with Crippen molar-refractivity contribution in [2.45, 2.75) is 30.1 Å². The van der Waals surface area contributed by atoms with Gasteiger partial charge in [0.15, 0.2) is 0 Å². The van der Waals surface area contributed by atoms with Crippen molar-refractivity contribution < 1.29 is 10.2 Å². The third kappa shape index (κ3) is 2.83. The van der Waals surface area contributed by atoms with Crippen LogP contribution in [0.15, 0.2) is 21.9 Å². The Morgan fingerprint density at radius 1 is 1.58 bits per heavy atom. The molecule has 2 rings (SSSR count). The first-order valence-electron chi connectivity index (χ1n) is 5.99. The van der Waals surface area contributed by atoms with Crippen LogP contribution in [0.25, 0.3) is 6.08 Å². The van der Waals surface area contributed by atoms with Gasteiger partial charge >= 0.3 is 5.69 Å². The molecule has 0 amide bonds. The minimum absolute atomic E-state index is 0.137. The van der Waals surface area contributed by atoms with Crippen LogP contribution in [0.3, 0.4) is 0 Å². The van der Waals surface area contributed by atoms with E-state index in [0.29, 0.717) is 12.0 Å². The van der Waals surface area contributed by atoms with E-state index in [1.165, 1.54) is 22.5 Å². The third-order valence-corrected chi connectivity index (χ3v) is 4.58. The van der Waals surface area contributed by atoms with Crippen LogP contribution in [0.5, 0.6) is 0 Å². The van der Waals surface area contributed by atoms with Crippen LogP contribution < -0.4 is 11.2 Å². The molecule has 2 heterocycles. The first-order valence-corrected chi connectivity index (χ1v) is 6.93. The topological polar surface area (TPSA) is 95.3 Å². The second-order valence-electron chi connectivity index (χ2n) is 4.37. The Hall–Kier alpha value is -1.31. The van der Waals surface area contributed by atoms with Gasteiger partial charge in [-0.1, -0.05) is 12.2 Å². The molecule has 7 heteroatoms. The van der Waals surface area contributed by atoms with Gasteiger partial charge in [0.05, 0.1) is 28.9 Å². The number of aliphatic hydroxyl groups is 2. The van der Waals surface area contributed by atoms with E-state index >= 15 is 0 Å². The summed E-state index contributed by atoms with van der Waals surface area (Å²) in [4.78, 5) is 25.6. The average Bonchev–Trinajstić information content (AvgIpc) is 2.74. The van der Waals surface area contributed by atoms with E-state index in [1.54, 1.807) is 19.1 Å². The number of nitrogens with zero attached hydrogens (tertiary/aromatic N) is 1. The molecule has 0 bridgehead atoms. The maximum atomic E-state index is 11.8. The first-order chi connectivity index (χ1) is 9.06. The highest BCUT2D eigenvalue weighted by Gasteiger charge is 2.34. The summed E-state index contributed by atoms with van der Waals surface area (Å²) in [5.41, 5.74) is -0.534. The van der Waals surface area contributed by atoms with E-state index in [9.17, 15) is 14.7 Å². The lowest BCUT2D eigenvalue weighted by atomic mass is 10.2. The largest absolute Gasteiger partial charge is 0.395 e. The fraction of sp³-hybridized carbons (Fsp3) is 0.500. The summed E-state index contributed by atoms with van der Waals surface area (Å²) in [5, 5.41) is 18.3. The van der Waals surface area contributed by atoms with E-state index in [-0.39, 0.29) is 17.2 Å². The molecule has 1 aliphatic heterocycles. The molecule has 1 aromatic heterocycles. The Morgan fingerprint density at radius 3 is 2.89 bits per heavy atom. The lowest BCUT2D eigenvalue weighted by molar-refractivity contribution is 0.137. The van der Waals surface area contributed by atoms with Gasteiger partial charge in [-0.15, -0.1) is 11.8 Å². The number of aromatic nitrogens is 2. The summed E-state index contributed by atoms with van der Waals surface area (Å²) in [5.74, 6) is 0. The van der Waals surface area contributed by atoms with Crippen LogP contribution >= 0.6 is 11.8 Å². The molecule has 104 valence electrons. The molecule has 0 saturated carbocycles. The third-order valence-electron chi connectivity index (χ3n) is 3.04. The van der Waals surface area contributed by atoms with Crippen molar-refractivity contribution in [1.82, 2.24) is 9.55 Å². The van der Waals surface area contributed by atoms with Gasteiger partial charge in [0.25, 0.3) is 5.56 Å². The Labute approximate surface area is 113 Å². The second kappa shape index (κ2) is 5.77. The standard InChI is InChI=1S/C12H16N2O4S/c1-2-3-7-5-14(12(18)13-11(7)17)10-4-8(16)9(6-15)19-10/h2-3,5,8-10,15-16H,4,6H2,1H3,(H,13,17,18)/b3-2+/t8?,9?,10-/m1/s1. The van der Waals surface area contributed by atoms with Gasteiger partial charge in [0.1, 0.15) is 0 Å². The normalized spacial score (nSPS) is 27.2. The number of H-pyrrole nitrogens is 1. The first kappa shape index (κ1) is 14.1. The molecule has 1 fully saturated rings. The minimum atomic E-state index is -0.649. The molecule has 3 N–H and O–H groups in total. The zero-order valence-electron chi connectivity index (χ0n) is 10.4. The molecule has 0 aliphatic carbocycles. The molecular formula is C12H16N2O4S. The number of hydrogen-bond donors (Lipinski definition) is 3. The van der Waals surface area contributed by atoms with Crippen molar-refractivity contribution >= 4 is 17.8 Å². The fourth-order valence-electron chi connectivity index (χ4n) is 2.06. The predicted molar refractivity (Wildman–Crippen MR) is 74.2 cm³/mol. The molecule has 1 aliphatic rings. The Morgan fingerprint density at radius 2 is 2.32 bits per heavy atom. The average molecular weight is 284 g/mol. The maximum Gasteiger partial charge on any atom is 0.329 e. The number of aliphatic hydroxyl groups excluding tert-OH is 2. The van der Waals surface area contributed by atoms with Crippen LogP contribution in [0.4, 0.5) is 0 Å². The van der Waals surface area contributed by atoms with E-state index in [1.807, 2.05) is 0 Å². The zero-order chi connectivity index (χ0) is 14.0. The number of aromatic amines is 1. The molecule has 19 heavy (non-hydrogen) atoms. The van der Waals surface area contributed by atoms with Crippen LogP contribution in [-0.4, -0.2) is 37.7 Å². The Kier molecular flexibility index (Phi) is 4.28. The molecule has 1 aromatic rings. The van der Waals surface area contributed by atoms with Crippen molar-refractivity contribution in [2.75, 3.05) is 6.61 Å². The quantitative estimate of drug-likeness (QED) is 0.722. The summed E-state index contributed by atoms with van der Waals surface area (Å²) < 4.78 is 1.40. The zero-order valence-corrected chi connectivity index (χ0v) is 11.3. The van der Waals surface area contributed by atoms with Crippen molar-refractivity contribution in [3.05, 3.63) is 38.7 Å². The summed E-state index contributed by atoms with van der Waals surface area (Å²) >= 11 is 1.34. The van der Waals surface area contributed by atoms with Crippen LogP contribution in [0.2, 0.25) is 0 Å². The number of nitrogens with one attached hydrogen (secondary N) is 1. The smallest absolute Gasteiger partial charge is 0.329 e. The molecule has 0 radical (unpaired) electrons. The summed E-state index contributed by atoms with van der Waals surface area (Å²) in [6.45, 7) is 1.65. The summed E-state index contributed by atoms with van der Waals surface area (Å²) in [7, 11) is 0. The number of allylic oxidation sites excluding steroid dienone is 1. The van der Waals surface area contributed by atoms with E-state index in [0.717, 1.165) is 0 Å². The van der Waals surface area contributed by atoms with Gasteiger partial charge < -0.3 is 10.2 Å². The molecule has 6 nitrogen and oxygen atoms in total. The summed E-state index contributed by atoms with van der Waals surface area (Å²) in [6.07, 6.45) is 4.55. The molecular weight excluding hydrogens is 268 g/mol. The van der Waals surface area contributed by atoms with Crippen molar-refractivity contribution in [1.29, 1.82) is 0 Å². The van der Waals surface area contributed by atoms with Gasteiger partial charge in [-0.25, -0.2) is 4.79 Å². The monoisotopic (exact) mass is 284 g/mol. The Bertz CT molecular complexity index is 592. The van der Waals surface area contributed by atoms with Crippen LogP contribution in [0, 0.1) is 0 Å². The van der Waals surface area contributed by atoms with E-state index in [2.05, 4.69) is 4.98 Å². The van der Waals surface area contributed by atoms with Crippen LogP contribution in [-0.2, 0) is 0 Å². The van der Waals surface area contributed by atoms with Crippen molar-refractivity contribution in [3.8, 4) is 0 Å². The van der Waals surface area contributed by atoms with Gasteiger partial charge in [-0.3, -0.25) is 14.3 Å². The lowest BCUT2D eigenvalue weighted by Crippen LogP contribution is -2.32. The lowest BCUT2D eigenvalue weighted by Gasteiger charge is -2.13. The predicted octanol–water partition coefficient (Wildman–Crippen LogP) is -0.0730. The van der Waals surface area contributed by atoms with Crippen molar-refractivity contribution in [2.24, 2.45) is 0 Å². The highest BCUT2D eigenvalue weighted by molar-refractivity contribution is 8.00. The Balaban J connectivity index is 2.38. The number of rotatable bonds is 3. The molecule has 0 aromatic carbocycles. The minimum Gasteiger partial charge on any atom is -0.395 e. The number of thioether (sulfide) groups is 1.